The van der Waals surface area contributed by atoms with Gasteiger partial charge in [-0.25, -0.2) is 9.97 Å². The first-order chi connectivity index (χ1) is 11.1. The third-order valence-corrected chi connectivity index (χ3v) is 4.56. The molecule has 5 heteroatoms. The second-order valence-electron chi connectivity index (χ2n) is 5.60. The largest absolute Gasteiger partial charge is 0.493 e. The monoisotopic (exact) mass is 377 g/mol. The molecule has 1 aromatic heterocycles. The average molecular weight is 378 g/mol. The minimum absolute atomic E-state index is 0.683. The predicted octanol–water partition coefficient (Wildman–Crippen LogP) is 4.69. The first-order valence-electron chi connectivity index (χ1n) is 8.05. The summed E-state index contributed by atoms with van der Waals surface area (Å²) in [6.07, 6.45) is 4.77. The van der Waals surface area contributed by atoms with Gasteiger partial charge in [0.15, 0.2) is 0 Å². The smallest absolute Gasteiger partial charge is 0.144 e. The molecule has 0 aliphatic carbocycles. The van der Waals surface area contributed by atoms with Crippen LogP contribution in [0.2, 0.25) is 0 Å². The molecule has 0 spiro atoms. The number of hydrogen-bond acceptors (Lipinski definition) is 4. The van der Waals surface area contributed by atoms with Gasteiger partial charge in [-0.05, 0) is 59.8 Å². The van der Waals surface area contributed by atoms with Crippen molar-refractivity contribution in [2.24, 2.45) is 0 Å². The number of halogens is 1. The van der Waals surface area contributed by atoms with E-state index in [-0.39, 0.29) is 0 Å². The summed E-state index contributed by atoms with van der Waals surface area (Å²) in [4.78, 5) is 8.36. The molecule has 0 amide bonds. The molecule has 2 rings (SSSR count). The van der Waals surface area contributed by atoms with Crippen LogP contribution in [-0.2, 0) is 6.42 Å². The van der Waals surface area contributed by atoms with E-state index < -0.39 is 0 Å². The molecule has 4 nitrogen and oxygen atoms in total. The van der Waals surface area contributed by atoms with E-state index >= 15 is 0 Å². The molecule has 0 fully saturated rings. The molecular weight excluding hydrogens is 354 g/mol. The molecule has 1 aromatic carbocycles. The lowest BCUT2D eigenvalue weighted by atomic mass is 10.1. The molecule has 0 aliphatic rings. The van der Waals surface area contributed by atoms with E-state index in [1.165, 1.54) is 17.5 Å². The zero-order chi connectivity index (χ0) is 16.7. The molecule has 0 aliphatic heterocycles. The molecule has 0 radical (unpaired) electrons. The number of anilines is 1. The normalized spacial score (nSPS) is 10.6. The molecule has 23 heavy (non-hydrogen) atoms. The van der Waals surface area contributed by atoms with Crippen LogP contribution in [0.3, 0.4) is 0 Å². The van der Waals surface area contributed by atoms with Crippen molar-refractivity contribution in [1.29, 1.82) is 0 Å². The highest BCUT2D eigenvalue weighted by molar-refractivity contribution is 9.10. The van der Waals surface area contributed by atoms with Crippen molar-refractivity contribution in [3.63, 3.8) is 0 Å². The quantitative estimate of drug-likeness (QED) is 0.677. The highest BCUT2D eigenvalue weighted by Crippen LogP contribution is 2.22. The fourth-order valence-electron chi connectivity index (χ4n) is 2.36. The van der Waals surface area contributed by atoms with Crippen molar-refractivity contribution >= 4 is 21.7 Å². The van der Waals surface area contributed by atoms with Crippen LogP contribution in [0, 0.1) is 13.8 Å². The third-order valence-electron chi connectivity index (χ3n) is 3.61. The van der Waals surface area contributed by atoms with Crippen LogP contribution in [0.25, 0.3) is 0 Å². The standard InChI is InChI=1S/C18H24BrN3O/c1-4-6-15-7-8-16(13(2)11-15)23-10-5-9-20-18-17(19)14(3)21-12-22-18/h7-8,11-12H,4-6,9-10H2,1-3H3,(H,20,21,22). The van der Waals surface area contributed by atoms with Gasteiger partial charge in [-0.3, -0.25) is 0 Å². The summed E-state index contributed by atoms with van der Waals surface area (Å²) < 4.78 is 6.80. The van der Waals surface area contributed by atoms with Gasteiger partial charge in [0, 0.05) is 6.54 Å². The number of hydrogen-bond donors (Lipinski definition) is 1. The fraction of sp³-hybridized carbons (Fsp3) is 0.444. The second-order valence-corrected chi connectivity index (χ2v) is 6.39. The van der Waals surface area contributed by atoms with E-state index in [1.807, 2.05) is 6.92 Å². The second kappa shape index (κ2) is 8.87. The highest BCUT2D eigenvalue weighted by Gasteiger charge is 2.04. The van der Waals surface area contributed by atoms with Gasteiger partial charge in [0.1, 0.15) is 17.9 Å². The zero-order valence-electron chi connectivity index (χ0n) is 14.0. The van der Waals surface area contributed by atoms with Crippen LogP contribution < -0.4 is 10.1 Å². The molecular formula is C18H24BrN3O. The first kappa shape index (κ1) is 17.7. The van der Waals surface area contributed by atoms with Crippen molar-refractivity contribution in [1.82, 2.24) is 9.97 Å². The lowest BCUT2D eigenvalue weighted by Gasteiger charge is -2.12. The van der Waals surface area contributed by atoms with E-state index in [0.29, 0.717) is 6.61 Å². The summed E-state index contributed by atoms with van der Waals surface area (Å²) >= 11 is 3.50. The Bertz CT molecular complexity index is 646. The molecule has 124 valence electrons. The summed E-state index contributed by atoms with van der Waals surface area (Å²) in [6.45, 7) is 7.74. The van der Waals surface area contributed by atoms with Crippen LogP contribution in [0.4, 0.5) is 5.82 Å². The lowest BCUT2D eigenvalue weighted by Crippen LogP contribution is -2.09. The molecule has 0 saturated carbocycles. The predicted molar refractivity (Wildman–Crippen MR) is 98.2 cm³/mol. The van der Waals surface area contributed by atoms with Gasteiger partial charge >= 0.3 is 0 Å². The molecule has 1 N–H and O–H groups in total. The third kappa shape index (κ3) is 5.20. The first-order valence-corrected chi connectivity index (χ1v) is 8.84. The summed E-state index contributed by atoms with van der Waals surface area (Å²) in [7, 11) is 0. The highest BCUT2D eigenvalue weighted by atomic mass is 79.9. The van der Waals surface area contributed by atoms with Gasteiger partial charge in [0.25, 0.3) is 0 Å². The Kier molecular flexibility index (Phi) is 6.84. The van der Waals surface area contributed by atoms with Gasteiger partial charge in [-0.2, -0.15) is 0 Å². The Morgan fingerprint density at radius 1 is 1.22 bits per heavy atom. The van der Waals surface area contributed by atoms with Gasteiger partial charge < -0.3 is 10.1 Å². The molecule has 0 bridgehead atoms. The van der Waals surface area contributed by atoms with Gasteiger partial charge in [0.2, 0.25) is 0 Å². The van der Waals surface area contributed by atoms with Crippen molar-refractivity contribution in [3.8, 4) is 5.75 Å². The summed E-state index contributed by atoms with van der Waals surface area (Å²) in [6, 6.07) is 6.46. The van der Waals surface area contributed by atoms with Crippen LogP contribution in [0.15, 0.2) is 29.0 Å². The lowest BCUT2D eigenvalue weighted by molar-refractivity contribution is 0.313. The van der Waals surface area contributed by atoms with Crippen molar-refractivity contribution < 1.29 is 4.74 Å². The zero-order valence-corrected chi connectivity index (χ0v) is 15.6. The number of ether oxygens (including phenoxy) is 1. The molecule has 2 aromatic rings. The number of aryl methyl sites for hydroxylation is 3. The fourth-order valence-corrected chi connectivity index (χ4v) is 2.70. The maximum atomic E-state index is 5.88. The van der Waals surface area contributed by atoms with Gasteiger partial charge in [0.05, 0.1) is 16.8 Å². The Hall–Kier alpha value is -1.62. The number of rotatable bonds is 8. The van der Waals surface area contributed by atoms with Crippen molar-refractivity contribution in [2.75, 3.05) is 18.5 Å². The van der Waals surface area contributed by atoms with Crippen LogP contribution in [0.1, 0.15) is 36.6 Å². The summed E-state index contributed by atoms with van der Waals surface area (Å²) in [5.74, 6) is 1.81. The maximum absolute atomic E-state index is 5.88. The molecule has 0 atom stereocenters. The Morgan fingerprint density at radius 3 is 2.78 bits per heavy atom. The minimum Gasteiger partial charge on any atom is -0.493 e. The van der Waals surface area contributed by atoms with Crippen LogP contribution >= 0.6 is 15.9 Å². The van der Waals surface area contributed by atoms with E-state index in [4.69, 9.17) is 4.74 Å². The number of benzene rings is 1. The number of nitrogens with zero attached hydrogens (tertiary/aromatic N) is 2. The molecule has 0 saturated heterocycles. The molecule has 0 unspecified atom stereocenters. The van der Waals surface area contributed by atoms with Crippen molar-refractivity contribution in [3.05, 3.63) is 45.8 Å². The van der Waals surface area contributed by atoms with E-state index in [2.05, 4.69) is 63.3 Å². The Morgan fingerprint density at radius 2 is 2.04 bits per heavy atom. The maximum Gasteiger partial charge on any atom is 0.144 e. The van der Waals surface area contributed by atoms with E-state index in [0.717, 1.165) is 41.1 Å². The van der Waals surface area contributed by atoms with Crippen LogP contribution in [-0.4, -0.2) is 23.1 Å². The van der Waals surface area contributed by atoms with Crippen LogP contribution in [0.5, 0.6) is 5.75 Å². The number of nitrogens with one attached hydrogen (secondary N) is 1. The van der Waals surface area contributed by atoms with Crippen molar-refractivity contribution in [2.45, 2.75) is 40.0 Å². The number of aromatic nitrogens is 2. The van der Waals surface area contributed by atoms with E-state index in [1.54, 1.807) is 6.33 Å². The molecule has 1 heterocycles. The Labute approximate surface area is 146 Å². The van der Waals surface area contributed by atoms with Gasteiger partial charge in [-0.1, -0.05) is 25.5 Å². The Balaban J connectivity index is 1.76. The minimum atomic E-state index is 0.683. The average Bonchev–Trinajstić information content (AvgIpc) is 2.53. The topological polar surface area (TPSA) is 47.0 Å². The summed E-state index contributed by atoms with van der Waals surface area (Å²) in [5, 5.41) is 3.30. The SMILES string of the molecule is CCCc1ccc(OCCCNc2ncnc(C)c2Br)c(C)c1. The summed E-state index contributed by atoms with van der Waals surface area (Å²) in [5.41, 5.74) is 3.52. The van der Waals surface area contributed by atoms with E-state index in [9.17, 15) is 0 Å². The van der Waals surface area contributed by atoms with Gasteiger partial charge in [-0.15, -0.1) is 0 Å².